The molecule has 3 heteroatoms. The monoisotopic (exact) mass is 252 g/mol. The van der Waals surface area contributed by atoms with E-state index in [0.717, 1.165) is 32.0 Å². The van der Waals surface area contributed by atoms with Crippen molar-refractivity contribution in [1.82, 2.24) is 10.6 Å². The van der Waals surface area contributed by atoms with Crippen LogP contribution in [0.2, 0.25) is 0 Å². The van der Waals surface area contributed by atoms with Crippen LogP contribution >= 0.6 is 0 Å². The topological polar surface area (TPSA) is 41.1 Å². The van der Waals surface area contributed by atoms with Gasteiger partial charge >= 0.3 is 0 Å². The maximum absolute atomic E-state index is 12.2. The zero-order chi connectivity index (χ0) is 13.0. The first-order valence-corrected chi connectivity index (χ1v) is 7.61. The minimum Gasteiger partial charge on any atom is -0.356 e. The predicted molar refractivity (Wildman–Crippen MR) is 74.4 cm³/mol. The number of rotatable bonds is 6. The Kier molecular flexibility index (Phi) is 4.66. The molecule has 2 aliphatic carbocycles. The minimum absolute atomic E-state index is 0.189. The van der Waals surface area contributed by atoms with Gasteiger partial charge in [0.1, 0.15) is 0 Å². The van der Waals surface area contributed by atoms with Gasteiger partial charge in [0.25, 0.3) is 0 Å². The SMILES string of the molecule is CC1(C)CCCCC1C(=O)NCCCNC1CC1. The molecule has 18 heavy (non-hydrogen) atoms. The molecule has 0 aromatic rings. The lowest BCUT2D eigenvalue weighted by Crippen LogP contribution is -2.41. The van der Waals surface area contributed by atoms with Crippen molar-refractivity contribution in [3.8, 4) is 0 Å². The Balaban J connectivity index is 1.63. The van der Waals surface area contributed by atoms with Gasteiger partial charge < -0.3 is 10.6 Å². The number of nitrogens with one attached hydrogen (secondary N) is 2. The Hall–Kier alpha value is -0.570. The number of hydrogen-bond donors (Lipinski definition) is 2. The minimum atomic E-state index is 0.189. The smallest absolute Gasteiger partial charge is 0.223 e. The quantitative estimate of drug-likeness (QED) is 0.713. The number of carbonyl (C=O) groups is 1. The van der Waals surface area contributed by atoms with Crippen LogP contribution in [0.25, 0.3) is 0 Å². The molecule has 2 rings (SSSR count). The van der Waals surface area contributed by atoms with Crippen LogP contribution < -0.4 is 10.6 Å². The molecular weight excluding hydrogens is 224 g/mol. The van der Waals surface area contributed by atoms with Gasteiger partial charge in [-0.1, -0.05) is 26.7 Å². The lowest BCUT2D eigenvalue weighted by Gasteiger charge is -2.37. The van der Waals surface area contributed by atoms with Gasteiger partial charge in [-0.25, -0.2) is 0 Å². The Bertz CT molecular complexity index is 284. The molecule has 3 nitrogen and oxygen atoms in total. The molecule has 2 aliphatic rings. The molecular formula is C15H28N2O. The molecule has 1 amide bonds. The van der Waals surface area contributed by atoms with Crippen molar-refractivity contribution in [3.63, 3.8) is 0 Å². The van der Waals surface area contributed by atoms with Crippen LogP contribution in [-0.4, -0.2) is 25.0 Å². The summed E-state index contributed by atoms with van der Waals surface area (Å²) >= 11 is 0. The van der Waals surface area contributed by atoms with Crippen LogP contribution in [-0.2, 0) is 4.79 Å². The van der Waals surface area contributed by atoms with Crippen molar-refractivity contribution >= 4 is 5.91 Å². The number of carbonyl (C=O) groups excluding carboxylic acids is 1. The van der Waals surface area contributed by atoms with Gasteiger partial charge in [0, 0.05) is 18.5 Å². The summed E-state index contributed by atoms with van der Waals surface area (Å²) in [6.07, 6.45) is 8.47. The summed E-state index contributed by atoms with van der Waals surface area (Å²) in [5, 5.41) is 6.60. The average Bonchev–Trinajstić information content (AvgIpc) is 3.11. The molecule has 0 aromatic heterocycles. The van der Waals surface area contributed by atoms with Gasteiger partial charge in [-0.05, 0) is 44.1 Å². The summed E-state index contributed by atoms with van der Waals surface area (Å²) in [5.74, 6) is 0.508. The van der Waals surface area contributed by atoms with Crippen molar-refractivity contribution in [2.45, 2.75) is 64.8 Å². The van der Waals surface area contributed by atoms with E-state index >= 15 is 0 Å². The van der Waals surface area contributed by atoms with Crippen LogP contribution in [0.3, 0.4) is 0 Å². The fourth-order valence-corrected chi connectivity index (χ4v) is 3.00. The molecule has 0 heterocycles. The van der Waals surface area contributed by atoms with Crippen molar-refractivity contribution < 1.29 is 4.79 Å². The van der Waals surface area contributed by atoms with E-state index in [1.54, 1.807) is 0 Å². The van der Waals surface area contributed by atoms with E-state index in [-0.39, 0.29) is 17.2 Å². The number of amides is 1. The molecule has 0 aromatic carbocycles. The second-order valence-corrected chi connectivity index (χ2v) is 6.66. The van der Waals surface area contributed by atoms with Gasteiger partial charge in [-0.2, -0.15) is 0 Å². The summed E-state index contributed by atoms with van der Waals surface area (Å²) < 4.78 is 0. The highest BCUT2D eigenvalue weighted by molar-refractivity contribution is 5.79. The normalized spacial score (nSPS) is 26.9. The van der Waals surface area contributed by atoms with E-state index in [9.17, 15) is 4.79 Å². The Morgan fingerprint density at radius 1 is 1.17 bits per heavy atom. The summed E-state index contributed by atoms with van der Waals surface area (Å²) in [6.45, 7) is 6.35. The molecule has 0 spiro atoms. The van der Waals surface area contributed by atoms with E-state index in [1.165, 1.54) is 32.1 Å². The van der Waals surface area contributed by atoms with Gasteiger partial charge in [-0.15, -0.1) is 0 Å². The molecule has 1 atom stereocenters. The first-order chi connectivity index (χ1) is 8.59. The van der Waals surface area contributed by atoms with Gasteiger partial charge in [0.05, 0.1) is 0 Å². The highest BCUT2D eigenvalue weighted by Gasteiger charge is 2.36. The fraction of sp³-hybridized carbons (Fsp3) is 0.933. The maximum Gasteiger partial charge on any atom is 0.223 e. The van der Waals surface area contributed by atoms with E-state index in [4.69, 9.17) is 0 Å². The van der Waals surface area contributed by atoms with Crippen molar-refractivity contribution in [2.24, 2.45) is 11.3 Å². The highest BCUT2D eigenvalue weighted by Crippen LogP contribution is 2.40. The molecule has 0 bridgehead atoms. The molecule has 0 saturated heterocycles. The molecule has 2 N–H and O–H groups in total. The summed E-state index contributed by atoms with van der Waals surface area (Å²) in [4.78, 5) is 12.2. The summed E-state index contributed by atoms with van der Waals surface area (Å²) in [6, 6.07) is 0.776. The molecule has 2 saturated carbocycles. The van der Waals surface area contributed by atoms with Crippen LogP contribution in [0.4, 0.5) is 0 Å². The summed E-state index contributed by atoms with van der Waals surface area (Å²) in [5.41, 5.74) is 0.189. The predicted octanol–water partition coefficient (Wildman–Crippen LogP) is 2.46. The van der Waals surface area contributed by atoms with Crippen LogP contribution in [0.1, 0.15) is 58.8 Å². The largest absolute Gasteiger partial charge is 0.356 e. The summed E-state index contributed by atoms with van der Waals surface area (Å²) in [7, 11) is 0. The zero-order valence-corrected chi connectivity index (χ0v) is 11.9. The second-order valence-electron chi connectivity index (χ2n) is 6.66. The van der Waals surface area contributed by atoms with E-state index in [2.05, 4.69) is 24.5 Å². The zero-order valence-electron chi connectivity index (χ0n) is 11.9. The van der Waals surface area contributed by atoms with Gasteiger partial charge in [-0.3, -0.25) is 4.79 Å². The van der Waals surface area contributed by atoms with Gasteiger partial charge in [0.2, 0.25) is 5.91 Å². The average molecular weight is 252 g/mol. The van der Waals surface area contributed by atoms with Crippen molar-refractivity contribution in [3.05, 3.63) is 0 Å². The highest BCUT2D eigenvalue weighted by atomic mass is 16.1. The third-order valence-corrected chi connectivity index (χ3v) is 4.49. The Morgan fingerprint density at radius 3 is 2.61 bits per heavy atom. The molecule has 104 valence electrons. The Morgan fingerprint density at radius 2 is 1.94 bits per heavy atom. The fourth-order valence-electron chi connectivity index (χ4n) is 3.00. The van der Waals surface area contributed by atoms with Crippen molar-refractivity contribution in [2.75, 3.05) is 13.1 Å². The van der Waals surface area contributed by atoms with Crippen LogP contribution in [0.5, 0.6) is 0 Å². The van der Waals surface area contributed by atoms with Crippen molar-refractivity contribution in [1.29, 1.82) is 0 Å². The molecule has 2 fully saturated rings. The number of hydrogen-bond acceptors (Lipinski definition) is 2. The van der Waals surface area contributed by atoms with Gasteiger partial charge in [0.15, 0.2) is 0 Å². The first kappa shape index (κ1) is 13.9. The maximum atomic E-state index is 12.2. The Labute approximate surface area is 111 Å². The van der Waals surface area contributed by atoms with E-state index < -0.39 is 0 Å². The third kappa shape index (κ3) is 3.98. The molecule has 1 unspecified atom stereocenters. The third-order valence-electron chi connectivity index (χ3n) is 4.49. The van der Waals surface area contributed by atoms with E-state index in [1.807, 2.05) is 0 Å². The standard InChI is InChI=1S/C15H28N2O/c1-15(2)9-4-3-6-13(15)14(18)17-11-5-10-16-12-7-8-12/h12-13,16H,3-11H2,1-2H3,(H,17,18). The lowest BCUT2D eigenvalue weighted by molar-refractivity contribution is -0.130. The molecule has 0 radical (unpaired) electrons. The first-order valence-electron chi connectivity index (χ1n) is 7.61. The second kappa shape index (κ2) is 6.05. The van der Waals surface area contributed by atoms with Crippen LogP contribution in [0, 0.1) is 11.3 Å². The lowest BCUT2D eigenvalue weighted by atomic mass is 9.68. The van der Waals surface area contributed by atoms with E-state index in [0.29, 0.717) is 0 Å². The molecule has 0 aliphatic heterocycles. The van der Waals surface area contributed by atoms with Crippen LogP contribution in [0.15, 0.2) is 0 Å².